The normalized spacial score (nSPS) is 12.0. The molecular formula is C12H17ClN2O2. The van der Waals surface area contributed by atoms with E-state index in [4.69, 9.17) is 22.1 Å². The molecule has 0 heterocycles. The maximum atomic E-state index is 11.0. The van der Waals surface area contributed by atoms with Gasteiger partial charge >= 0.3 is 0 Å². The number of hydrogen-bond donors (Lipinski definition) is 2. The second kappa shape index (κ2) is 6.47. The predicted molar refractivity (Wildman–Crippen MR) is 68.2 cm³/mol. The van der Waals surface area contributed by atoms with Gasteiger partial charge in [0, 0.05) is 13.1 Å². The molecule has 3 N–H and O–H groups in total. The van der Waals surface area contributed by atoms with E-state index in [1.807, 2.05) is 13.0 Å². The molecular weight excluding hydrogens is 240 g/mol. The van der Waals surface area contributed by atoms with E-state index in [1.165, 1.54) is 0 Å². The van der Waals surface area contributed by atoms with Gasteiger partial charge in [-0.25, -0.2) is 0 Å². The molecule has 94 valence electrons. The molecule has 0 radical (unpaired) electrons. The van der Waals surface area contributed by atoms with Crippen LogP contribution in [0.3, 0.4) is 0 Å². The summed E-state index contributed by atoms with van der Waals surface area (Å²) in [6.07, 6.45) is 0.307. The summed E-state index contributed by atoms with van der Waals surface area (Å²) in [7, 11) is 1.59. The average molecular weight is 257 g/mol. The van der Waals surface area contributed by atoms with Crippen LogP contribution in [0.1, 0.15) is 24.9 Å². The van der Waals surface area contributed by atoms with Gasteiger partial charge in [0.05, 0.1) is 18.1 Å². The number of halogens is 1. The Morgan fingerprint density at radius 2 is 2.29 bits per heavy atom. The molecule has 0 spiro atoms. The third-order valence-electron chi connectivity index (χ3n) is 2.35. The fourth-order valence-electron chi connectivity index (χ4n) is 1.30. The summed E-state index contributed by atoms with van der Waals surface area (Å²) >= 11 is 6.04. The van der Waals surface area contributed by atoms with Crippen LogP contribution in [0.15, 0.2) is 18.2 Å². The SMILES string of the molecule is CNC(=O)CCOc1ccc([C@H](C)N)cc1Cl. The summed E-state index contributed by atoms with van der Waals surface area (Å²) in [6.45, 7) is 2.19. The molecule has 0 bridgehead atoms. The quantitative estimate of drug-likeness (QED) is 0.845. The van der Waals surface area contributed by atoms with Crippen LogP contribution < -0.4 is 15.8 Å². The van der Waals surface area contributed by atoms with Gasteiger partial charge in [-0.15, -0.1) is 0 Å². The fraction of sp³-hybridized carbons (Fsp3) is 0.417. The molecule has 1 aromatic rings. The number of hydrogen-bond acceptors (Lipinski definition) is 3. The zero-order chi connectivity index (χ0) is 12.8. The molecule has 1 amide bonds. The van der Waals surface area contributed by atoms with Gasteiger partial charge in [-0.2, -0.15) is 0 Å². The lowest BCUT2D eigenvalue weighted by atomic mass is 10.1. The molecule has 0 aliphatic carbocycles. The van der Waals surface area contributed by atoms with Crippen molar-refractivity contribution in [2.24, 2.45) is 5.73 Å². The number of carbonyl (C=O) groups is 1. The summed E-state index contributed by atoms with van der Waals surface area (Å²) in [5, 5.41) is 3.03. The molecule has 4 nitrogen and oxygen atoms in total. The van der Waals surface area contributed by atoms with E-state index in [9.17, 15) is 4.79 Å². The van der Waals surface area contributed by atoms with E-state index in [0.29, 0.717) is 23.8 Å². The summed E-state index contributed by atoms with van der Waals surface area (Å²) < 4.78 is 5.41. The van der Waals surface area contributed by atoms with Gasteiger partial charge < -0.3 is 15.8 Å². The number of nitrogens with two attached hydrogens (primary N) is 1. The Morgan fingerprint density at radius 3 is 2.82 bits per heavy atom. The van der Waals surface area contributed by atoms with E-state index < -0.39 is 0 Å². The van der Waals surface area contributed by atoms with Gasteiger partial charge in [0.1, 0.15) is 5.75 Å². The monoisotopic (exact) mass is 256 g/mol. The lowest BCUT2D eigenvalue weighted by Crippen LogP contribution is -2.20. The third-order valence-corrected chi connectivity index (χ3v) is 2.64. The Balaban J connectivity index is 2.57. The van der Waals surface area contributed by atoms with E-state index in [2.05, 4.69) is 5.32 Å². The highest BCUT2D eigenvalue weighted by Gasteiger charge is 2.06. The van der Waals surface area contributed by atoms with Crippen molar-refractivity contribution < 1.29 is 9.53 Å². The first-order chi connectivity index (χ1) is 8.04. The van der Waals surface area contributed by atoms with Gasteiger partial charge in [-0.05, 0) is 24.6 Å². The Labute approximate surface area is 106 Å². The first-order valence-electron chi connectivity index (χ1n) is 5.43. The van der Waals surface area contributed by atoms with Crippen LogP contribution in [0.2, 0.25) is 5.02 Å². The molecule has 5 heteroatoms. The Bertz CT molecular complexity index is 394. The molecule has 0 fully saturated rings. The standard InChI is InChI=1S/C12H17ClN2O2/c1-8(14)9-3-4-11(10(13)7-9)17-6-5-12(16)15-2/h3-4,7-8H,5-6,14H2,1-2H3,(H,15,16)/t8-/m0/s1. The van der Waals surface area contributed by atoms with Gasteiger partial charge in [-0.3, -0.25) is 4.79 Å². The first-order valence-corrected chi connectivity index (χ1v) is 5.80. The van der Waals surface area contributed by atoms with Crippen LogP contribution in [-0.2, 0) is 4.79 Å². The van der Waals surface area contributed by atoms with Crippen LogP contribution in [0.5, 0.6) is 5.75 Å². The van der Waals surface area contributed by atoms with Crippen molar-refractivity contribution in [1.82, 2.24) is 5.32 Å². The molecule has 0 saturated carbocycles. The lowest BCUT2D eigenvalue weighted by molar-refractivity contribution is -0.121. The zero-order valence-corrected chi connectivity index (χ0v) is 10.8. The molecule has 0 aliphatic heterocycles. The summed E-state index contributed by atoms with van der Waals surface area (Å²) in [6, 6.07) is 5.35. The molecule has 1 aromatic carbocycles. The minimum Gasteiger partial charge on any atom is -0.491 e. The molecule has 0 unspecified atom stereocenters. The van der Waals surface area contributed by atoms with Crippen LogP contribution in [-0.4, -0.2) is 19.6 Å². The van der Waals surface area contributed by atoms with E-state index >= 15 is 0 Å². The van der Waals surface area contributed by atoms with Crippen LogP contribution in [0.25, 0.3) is 0 Å². The fourth-order valence-corrected chi connectivity index (χ4v) is 1.54. The minimum atomic E-state index is -0.0626. The molecule has 1 atom stereocenters. The highest BCUT2D eigenvalue weighted by Crippen LogP contribution is 2.27. The van der Waals surface area contributed by atoms with Crippen LogP contribution >= 0.6 is 11.6 Å². The maximum absolute atomic E-state index is 11.0. The second-order valence-corrected chi connectivity index (χ2v) is 4.16. The summed E-state index contributed by atoms with van der Waals surface area (Å²) in [5.74, 6) is 0.508. The van der Waals surface area contributed by atoms with E-state index in [1.54, 1.807) is 19.2 Å². The zero-order valence-electron chi connectivity index (χ0n) is 10.00. The van der Waals surface area contributed by atoms with E-state index in [-0.39, 0.29) is 11.9 Å². The number of amides is 1. The molecule has 0 aromatic heterocycles. The molecule has 0 aliphatic rings. The smallest absolute Gasteiger partial charge is 0.223 e. The Hall–Kier alpha value is -1.26. The lowest BCUT2D eigenvalue weighted by Gasteiger charge is -2.10. The van der Waals surface area contributed by atoms with Crippen LogP contribution in [0, 0.1) is 0 Å². The predicted octanol–water partition coefficient (Wildman–Crippen LogP) is 1.87. The van der Waals surface area contributed by atoms with Crippen molar-refractivity contribution in [3.05, 3.63) is 28.8 Å². The van der Waals surface area contributed by atoms with Gasteiger partial charge in [0.2, 0.25) is 5.91 Å². The second-order valence-electron chi connectivity index (χ2n) is 3.75. The van der Waals surface area contributed by atoms with Crippen molar-refractivity contribution >= 4 is 17.5 Å². The highest BCUT2D eigenvalue weighted by atomic mass is 35.5. The third kappa shape index (κ3) is 4.24. The topological polar surface area (TPSA) is 64.3 Å². The number of carbonyl (C=O) groups excluding carboxylic acids is 1. The summed E-state index contributed by atoms with van der Waals surface area (Å²) in [4.78, 5) is 11.0. The molecule has 0 saturated heterocycles. The number of benzene rings is 1. The Kier molecular flexibility index (Phi) is 5.25. The average Bonchev–Trinajstić information content (AvgIpc) is 2.30. The number of rotatable bonds is 5. The Morgan fingerprint density at radius 1 is 1.59 bits per heavy atom. The van der Waals surface area contributed by atoms with Crippen molar-refractivity contribution in [2.45, 2.75) is 19.4 Å². The largest absolute Gasteiger partial charge is 0.491 e. The first kappa shape index (κ1) is 13.8. The number of ether oxygens (including phenoxy) is 1. The van der Waals surface area contributed by atoms with Gasteiger partial charge in [0.25, 0.3) is 0 Å². The molecule has 17 heavy (non-hydrogen) atoms. The molecule has 1 rings (SSSR count). The maximum Gasteiger partial charge on any atom is 0.223 e. The van der Waals surface area contributed by atoms with Crippen molar-refractivity contribution in [1.29, 1.82) is 0 Å². The highest BCUT2D eigenvalue weighted by molar-refractivity contribution is 6.32. The van der Waals surface area contributed by atoms with Crippen LogP contribution in [0.4, 0.5) is 0 Å². The van der Waals surface area contributed by atoms with E-state index in [0.717, 1.165) is 5.56 Å². The summed E-state index contributed by atoms with van der Waals surface area (Å²) in [5.41, 5.74) is 6.69. The minimum absolute atomic E-state index is 0.0617. The van der Waals surface area contributed by atoms with Gasteiger partial charge in [-0.1, -0.05) is 17.7 Å². The van der Waals surface area contributed by atoms with Crippen molar-refractivity contribution in [3.63, 3.8) is 0 Å². The van der Waals surface area contributed by atoms with Crippen molar-refractivity contribution in [3.8, 4) is 5.75 Å². The number of nitrogens with one attached hydrogen (secondary N) is 1. The van der Waals surface area contributed by atoms with Gasteiger partial charge in [0.15, 0.2) is 0 Å². The van der Waals surface area contributed by atoms with Crippen molar-refractivity contribution in [2.75, 3.05) is 13.7 Å².